The van der Waals surface area contributed by atoms with Crippen LogP contribution >= 0.6 is 11.6 Å². The molecule has 0 fully saturated rings. The quantitative estimate of drug-likeness (QED) is 0.699. The number of anilines is 1. The number of amides is 1. The van der Waals surface area contributed by atoms with Crippen LogP contribution in [0.3, 0.4) is 0 Å². The summed E-state index contributed by atoms with van der Waals surface area (Å²) in [5.41, 5.74) is 4.02. The lowest BCUT2D eigenvalue weighted by Gasteiger charge is -2.08. The number of hydrogen-bond acceptors (Lipinski definition) is 3. The zero-order valence-corrected chi connectivity index (χ0v) is 16.2. The second kappa shape index (κ2) is 7.92. The number of hydrogen-bond donors (Lipinski definition) is 1. The number of nitrogens with one attached hydrogen (secondary N) is 1. The molecule has 0 unspecified atom stereocenters. The Morgan fingerprint density at radius 2 is 2.11 bits per heavy atom. The molecule has 0 saturated carbocycles. The average molecular weight is 390 g/mol. The third-order valence-electron chi connectivity index (χ3n) is 4.38. The standard InChI is InChI=1S/C19H21ClFN5O/c1-12-19(23-18(27)7-4-14-9-22-25(3)10-14)13(2)26(24-12)11-15-5-6-16(21)8-17(15)20/h5-6,8-10H,4,7,11H2,1-3H3,(H,23,27). The van der Waals surface area contributed by atoms with Gasteiger partial charge in [0.1, 0.15) is 5.82 Å². The van der Waals surface area contributed by atoms with Crippen LogP contribution in [0.4, 0.5) is 10.1 Å². The Morgan fingerprint density at radius 3 is 2.78 bits per heavy atom. The van der Waals surface area contributed by atoms with E-state index >= 15 is 0 Å². The maximum atomic E-state index is 13.2. The van der Waals surface area contributed by atoms with Crippen molar-refractivity contribution in [2.45, 2.75) is 33.2 Å². The van der Waals surface area contributed by atoms with Gasteiger partial charge in [-0.1, -0.05) is 17.7 Å². The number of benzene rings is 1. The lowest BCUT2D eigenvalue weighted by molar-refractivity contribution is -0.116. The highest BCUT2D eigenvalue weighted by atomic mass is 35.5. The molecule has 2 aromatic heterocycles. The van der Waals surface area contributed by atoms with Crippen LogP contribution in [0, 0.1) is 19.7 Å². The van der Waals surface area contributed by atoms with Gasteiger partial charge in [-0.2, -0.15) is 10.2 Å². The zero-order chi connectivity index (χ0) is 19.6. The van der Waals surface area contributed by atoms with Gasteiger partial charge in [-0.15, -0.1) is 0 Å². The Bertz CT molecular complexity index is 979. The van der Waals surface area contributed by atoms with E-state index in [-0.39, 0.29) is 11.7 Å². The molecule has 0 aliphatic carbocycles. The zero-order valence-electron chi connectivity index (χ0n) is 15.5. The normalized spacial score (nSPS) is 11.0. The van der Waals surface area contributed by atoms with Gasteiger partial charge in [0, 0.05) is 24.7 Å². The first kappa shape index (κ1) is 19.1. The lowest BCUT2D eigenvalue weighted by atomic mass is 10.2. The Kier molecular flexibility index (Phi) is 5.60. The first-order chi connectivity index (χ1) is 12.8. The third kappa shape index (κ3) is 4.54. The first-order valence-electron chi connectivity index (χ1n) is 8.59. The Balaban J connectivity index is 1.68. The van der Waals surface area contributed by atoms with Gasteiger partial charge in [-0.3, -0.25) is 14.2 Å². The third-order valence-corrected chi connectivity index (χ3v) is 4.73. The second-order valence-electron chi connectivity index (χ2n) is 6.51. The molecule has 0 atom stereocenters. The van der Waals surface area contributed by atoms with Gasteiger partial charge in [0.2, 0.25) is 5.91 Å². The van der Waals surface area contributed by atoms with Crippen LogP contribution in [0.15, 0.2) is 30.6 Å². The van der Waals surface area contributed by atoms with Gasteiger partial charge in [0.25, 0.3) is 0 Å². The van der Waals surface area contributed by atoms with Crippen molar-refractivity contribution in [3.63, 3.8) is 0 Å². The van der Waals surface area contributed by atoms with Gasteiger partial charge in [0.15, 0.2) is 0 Å². The topological polar surface area (TPSA) is 64.7 Å². The van der Waals surface area contributed by atoms with Crippen LogP contribution in [0.1, 0.15) is 28.9 Å². The predicted molar refractivity (Wildman–Crippen MR) is 102 cm³/mol. The average Bonchev–Trinajstić information content (AvgIpc) is 3.14. The van der Waals surface area contributed by atoms with E-state index in [4.69, 9.17) is 11.6 Å². The molecular formula is C19H21ClFN5O. The number of halogens is 2. The monoisotopic (exact) mass is 389 g/mol. The summed E-state index contributed by atoms with van der Waals surface area (Å²) < 4.78 is 16.7. The van der Waals surface area contributed by atoms with E-state index in [1.54, 1.807) is 21.6 Å². The van der Waals surface area contributed by atoms with Crippen LogP contribution in [0.25, 0.3) is 0 Å². The lowest BCUT2D eigenvalue weighted by Crippen LogP contribution is -2.13. The molecule has 8 heteroatoms. The molecule has 27 heavy (non-hydrogen) atoms. The molecule has 1 N–H and O–H groups in total. The highest BCUT2D eigenvalue weighted by Crippen LogP contribution is 2.23. The number of carbonyl (C=O) groups is 1. The minimum absolute atomic E-state index is 0.0792. The van der Waals surface area contributed by atoms with Gasteiger partial charge < -0.3 is 5.32 Å². The largest absolute Gasteiger partial charge is 0.323 e. The molecule has 0 aliphatic rings. The number of carbonyl (C=O) groups excluding carboxylic acids is 1. The van der Waals surface area contributed by atoms with E-state index in [2.05, 4.69) is 15.5 Å². The minimum Gasteiger partial charge on any atom is -0.323 e. The maximum absolute atomic E-state index is 13.2. The van der Waals surface area contributed by atoms with E-state index in [0.717, 1.165) is 22.5 Å². The Labute approximate surface area is 161 Å². The molecule has 6 nitrogen and oxygen atoms in total. The van der Waals surface area contributed by atoms with E-state index in [0.29, 0.717) is 30.1 Å². The summed E-state index contributed by atoms with van der Waals surface area (Å²) in [6, 6.07) is 4.29. The number of nitrogens with zero attached hydrogens (tertiary/aromatic N) is 4. The molecule has 2 heterocycles. The van der Waals surface area contributed by atoms with Crippen molar-refractivity contribution < 1.29 is 9.18 Å². The van der Waals surface area contributed by atoms with Gasteiger partial charge in [0.05, 0.1) is 29.8 Å². The Morgan fingerprint density at radius 1 is 1.33 bits per heavy atom. The number of rotatable bonds is 6. The first-order valence-corrected chi connectivity index (χ1v) is 8.96. The maximum Gasteiger partial charge on any atom is 0.224 e. The fraction of sp³-hybridized carbons (Fsp3) is 0.316. The molecule has 0 bridgehead atoms. The highest BCUT2D eigenvalue weighted by Gasteiger charge is 2.15. The predicted octanol–water partition coefficient (Wildman–Crippen LogP) is 3.65. The fourth-order valence-corrected chi connectivity index (χ4v) is 3.13. The van der Waals surface area contributed by atoms with E-state index in [1.165, 1.54) is 12.1 Å². The summed E-state index contributed by atoms with van der Waals surface area (Å²) in [4.78, 5) is 12.3. The molecule has 3 aromatic rings. The molecule has 0 saturated heterocycles. The molecule has 1 aromatic carbocycles. The van der Waals surface area contributed by atoms with Crippen molar-refractivity contribution in [3.8, 4) is 0 Å². The molecule has 3 rings (SSSR count). The number of aryl methyl sites for hydroxylation is 3. The molecule has 1 amide bonds. The summed E-state index contributed by atoms with van der Waals surface area (Å²) in [6.07, 6.45) is 4.64. The van der Waals surface area contributed by atoms with Crippen LogP contribution in [0.2, 0.25) is 5.02 Å². The molecule has 0 spiro atoms. The summed E-state index contributed by atoms with van der Waals surface area (Å²) in [5, 5.41) is 11.9. The minimum atomic E-state index is -0.376. The van der Waals surface area contributed by atoms with Crippen molar-refractivity contribution >= 4 is 23.2 Å². The fourth-order valence-electron chi connectivity index (χ4n) is 2.90. The molecule has 142 valence electrons. The van der Waals surface area contributed by atoms with Crippen molar-refractivity contribution in [2.75, 3.05) is 5.32 Å². The highest BCUT2D eigenvalue weighted by molar-refractivity contribution is 6.31. The summed E-state index contributed by atoms with van der Waals surface area (Å²) in [5.74, 6) is -0.455. The van der Waals surface area contributed by atoms with E-state index in [1.807, 2.05) is 27.1 Å². The summed E-state index contributed by atoms with van der Waals surface area (Å²) in [7, 11) is 1.85. The van der Waals surface area contributed by atoms with Gasteiger partial charge in [-0.05, 0) is 43.5 Å². The number of aromatic nitrogens is 4. The van der Waals surface area contributed by atoms with Crippen molar-refractivity contribution in [3.05, 3.63) is 63.9 Å². The van der Waals surface area contributed by atoms with Crippen LogP contribution in [-0.2, 0) is 24.8 Å². The Hall–Kier alpha value is -2.67. The molecular weight excluding hydrogens is 369 g/mol. The SMILES string of the molecule is Cc1nn(Cc2ccc(F)cc2Cl)c(C)c1NC(=O)CCc1cnn(C)c1. The van der Waals surface area contributed by atoms with E-state index < -0.39 is 0 Å². The summed E-state index contributed by atoms with van der Waals surface area (Å²) in [6.45, 7) is 4.12. The van der Waals surface area contributed by atoms with Crippen LogP contribution in [0.5, 0.6) is 0 Å². The van der Waals surface area contributed by atoms with Crippen molar-refractivity contribution in [1.82, 2.24) is 19.6 Å². The van der Waals surface area contributed by atoms with Crippen molar-refractivity contribution in [2.24, 2.45) is 7.05 Å². The van der Waals surface area contributed by atoms with Gasteiger partial charge >= 0.3 is 0 Å². The van der Waals surface area contributed by atoms with Gasteiger partial charge in [-0.25, -0.2) is 4.39 Å². The summed E-state index contributed by atoms with van der Waals surface area (Å²) >= 11 is 6.11. The second-order valence-corrected chi connectivity index (χ2v) is 6.92. The van der Waals surface area contributed by atoms with Crippen LogP contribution < -0.4 is 5.32 Å². The van der Waals surface area contributed by atoms with E-state index in [9.17, 15) is 9.18 Å². The van der Waals surface area contributed by atoms with Crippen molar-refractivity contribution in [1.29, 1.82) is 0 Å². The van der Waals surface area contributed by atoms with Crippen LogP contribution in [-0.4, -0.2) is 25.5 Å². The molecule has 0 aliphatic heterocycles. The molecule has 0 radical (unpaired) electrons. The smallest absolute Gasteiger partial charge is 0.224 e.